The van der Waals surface area contributed by atoms with E-state index in [1.807, 2.05) is 20.8 Å². The molecular weight excluding hydrogens is 74.1 g/mol. The van der Waals surface area contributed by atoms with Gasteiger partial charge >= 0.3 is 0 Å². The van der Waals surface area contributed by atoms with E-state index in [2.05, 4.69) is 0 Å². The molecule has 0 rings (SSSR count). The Balaban J connectivity index is 3.45. The summed E-state index contributed by atoms with van der Waals surface area (Å²) in [6.45, 7) is 5.81. The fourth-order valence-electron chi connectivity index (χ4n) is 0. The zero-order chi connectivity index (χ0) is 5.21. The molecule has 0 aromatic carbocycles. The molecule has 0 aromatic heterocycles. The van der Waals surface area contributed by atoms with Crippen molar-refractivity contribution in [2.75, 3.05) is 0 Å². The Morgan fingerprint density at radius 2 is 1.50 bits per heavy atom. The summed E-state index contributed by atoms with van der Waals surface area (Å²) in [5, 5.41) is 8.28. The quantitative estimate of drug-likeness (QED) is 0.389. The molecule has 0 atom stereocenters. The van der Waals surface area contributed by atoms with Gasteiger partial charge < -0.3 is 0 Å². The molecule has 1 radical (unpaired) electrons. The van der Waals surface area contributed by atoms with E-state index < -0.39 is 0 Å². The van der Waals surface area contributed by atoms with Crippen molar-refractivity contribution in [3.63, 3.8) is 0 Å². The molecule has 0 N–H and O–H groups in total. The molecule has 35 valence electrons. The van der Waals surface area contributed by atoms with Gasteiger partial charge in [-0.2, -0.15) is 5.41 Å². The van der Waals surface area contributed by atoms with Gasteiger partial charge in [0.1, 0.15) is 0 Å². The molecule has 0 saturated heterocycles. The highest BCUT2D eigenvalue weighted by molar-refractivity contribution is 5.61. The van der Waals surface area contributed by atoms with Crippen molar-refractivity contribution in [2.45, 2.75) is 20.8 Å². The highest BCUT2D eigenvalue weighted by Gasteiger charge is 2.02. The zero-order valence-corrected chi connectivity index (χ0v) is 4.52. The van der Waals surface area contributed by atoms with Crippen molar-refractivity contribution in [3.8, 4) is 0 Å². The Kier molecular flexibility index (Phi) is 1.34. The first kappa shape index (κ1) is 5.67. The molecule has 0 saturated carbocycles. The first-order valence-corrected chi connectivity index (χ1v) is 2.05. The second-order valence-electron chi connectivity index (χ2n) is 2.50. The third-order valence-electron chi connectivity index (χ3n) is 0.387. The average Bonchev–Trinajstić information content (AvgIpc) is 1.35. The molecule has 0 bridgehead atoms. The second-order valence-corrected chi connectivity index (χ2v) is 2.50. The van der Waals surface area contributed by atoms with Gasteiger partial charge in [-0.25, -0.2) is 0 Å². The third-order valence-corrected chi connectivity index (χ3v) is 0.387. The van der Waals surface area contributed by atoms with E-state index in [0.717, 1.165) is 0 Å². The molecule has 0 amide bonds. The lowest BCUT2D eigenvalue weighted by Crippen LogP contribution is -2.05. The minimum atomic E-state index is -0.0278. The largest absolute Gasteiger partial charge is 0.163 e. The maximum Gasteiger partial charge on any atom is 0.0323 e. The molecule has 0 aliphatic heterocycles. The normalized spacial score (nSPS) is 11.2. The molecule has 0 aromatic rings. The summed E-state index contributed by atoms with van der Waals surface area (Å²) in [5.74, 6) is 0. The highest BCUT2D eigenvalue weighted by Crippen LogP contribution is 2.05. The smallest absolute Gasteiger partial charge is 0.0323 e. The summed E-state index contributed by atoms with van der Waals surface area (Å²) in [7, 11) is 0. The van der Waals surface area contributed by atoms with Crippen LogP contribution >= 0.6 is 0 Å². The monoisotopic (exact) mass is 84.1 g/mol. The summed E-state index contributed by atoms with van der Waals surface area (Å²) < 4.78 is 0. The van der Waals surface area contributed by atoms with Gasteiger partial charge in [-0.3, -0.25) is 0 Å². The molecular formula is C5H10N. The van der Waals surface area contributed by atoms with Crippen LogP contribution in [0.15, 0.2) is 0 Å². The minimum Gasteiger partial charge on any atom is -0.163 e. The molecule has 0 spiro atoms. The summed E-state index contributed by atoms with van der Waals surface area (Å²) in [6, 6.07) is 0. The first-order chi connectivity index (χ1) is 2.56. The van der Waals surface area contributed by atoms with Gasteiger partial charge in [0.2, 0.25) is 0 Å². The Bertz CT molecular complexity index is 49.4. The van der Waals surface area contributed by atoms with Crippen molar-refractivity contribution in [1.82, 2.24) is 5.41 Å². The topological polar surface area (TPSA) is 22.3 Å². The van der Waals surface area contributed by atoms with Gasteiger partial charge in [0.05, 0.1) is 0 Å². The van der Waals surface area contributed by atoms with Crippen LogP contribution in [-0.2, 0) is 0 Å². The summed E-state index contributed by atoms with van der Waals surface area (Å²) in [5.41, 5.74) is -0.0278. The van der Waals surface area contributed by atoms with Gasteiger partial charge in [0.25, 0.3) is 0 Å². The van der Waals surface area contributed by atoms with Crippen molar-refractivity contribution >= 4 is 6.21 Å². The average molecular weight is 84.1 g/mol. The van der Waals surface area contributed by atoms with Crippen molar-refractivity contribution in [3.05, 3.63) is 0 Å². The Morgan fingerprint density at radius 1 is 1.33 bits per heavy atom. The lowest BCUT2D eigenvalue weighted by molar-refractivity contribution is 0.607. The van der Waals surface area contributed by atoms with E-state index in [4.69, 9.17) is 5.41 Å². The molecule has 0 heterocycles. The van der Waals surface area contributed by atoms with E-state index in [0.29, 0.717) is 0 Å². The number of nitrogens with zero attached hydrogens (tertiary/aromatic N) is 1. The first-order valence-electron chi connectivity index (χ1n) is 2.05. The van der Waals surface area contributed by atoms with Crippen LogP contribution in [0.5, 0.6) is 0 Å². The van der Waals surface area contributed by atoms with E-state index in [-0.39, 0.29) is 5.41 Å². The fraction of sp³-hybridized carbons (Fsp3) is 0.800. The van der Waals surface area contributed by atoms with Gasteiger partial charge in [-0.15, -0.1) is 0 Å². The minimum absolute atomic E-state index is 0.0278. The lowest BCUT2D eigenvalue weighted by atomic mass is 10.00. The van der Waals surface area contributed by atoms with Crippen LogP contribution in [0.2, 0.25) is 0 Å². The molecule has 1 nitrogen and oxygen atoms in total. The van der Waals surface area contributed by atoms with Crippen LogP contribution in [0.25, 0.3) is 0 Å². The zero-order valence-electron chi connectivity index (χ0n) is 4.52. The van der Waals surface area contributed by atoms with Gasteiger partial charge in [-0.05, 0) is 5.41 Å². The second kappa shape index (κ2) is 1.41. The van der Waals surface area contributed by atoms with Gasteiger partial charge in [0.15, 0.2) is 0 Å². The van der Waals surface area contributed by atoms with Crippen molar-refractivity contribution < 1.29 is 0 Å². The summed E-state index contributed by atoms with van der Waals surface area (Å²) in [4.78, 5) is 0. The van der Waals surface area contributed by atoms with Crippen molar-refractivity contribution in [2.24, 2.45) is 5.41 Å². The molecule has 0 unspecified atom stereocenters. The number of hydrogen-bond acceptors (Lipinski definition) is 0. The molecule has 0 fully saturated rings. The van der Waals surface area contributed by atoms with Crippen LogP contribution in [0.1, 0.15) is 20.8 Å². The standard InChI is InChI=1S/C5H10N/c1-5(2,3)4-6/h4H,1-3H3. The Labute approximate surface area is 38.9 Å². The van der Waals surface area contributed by atoms with Crippen LogP contribution in [-0.4, -0.2) is 6.21 Å². The molecule has 6 heavy (non-hydrogen) atoms. The lowest BCUT2D eigenvalue weighted by Gasteiger charge is -2.05. The van der Waals surface area contributed by atoms with Crippen LogP contribution in [0.4, 0.5) is 0 Å². The van der Waals surface area contributed by atoms with E-state index >= 15 is 0 Å². The third kappa shape index (κ3) is 3.67. The van der Waals surface area contributed by atoms with E-state index in [1.165, 1.54) is 6.21 Å². The molecule has 0 aliphatic rings. The van der Waals surface area contributed by atoms with Gasteiger partial charge in [-0.1, -0.05) is 20.8 Å². The maximum absolute atomic E-state index is 8.28. The summed E-state index contributed by atoms with van der Waals surface area (Å²) >= 11 is 0. The fourth-order valence-corrected chi connectivity index (χ4v) is 0. The Hall–Kier alpha value is -0.330. The van der Waals surface area contributed by atoms with Crippen LogP contribution in [0, 0.1) is 5.41 Å². The molecule has 0 aliphatic carbocycles. The SMILES string of the molecule is CC(C)(C)C=[N]. The van der Waals surface area contributed by atoms with E-state index in [9.17, 15) is 0 Å². The number of rotatable bonds is 0. The van der Waals surface area contributed by atoms with E-state index in [1.54, 1.807) is 0 Å². The number of hydrogen-bond donors (Lipinski definition) is 0. The van der Waals surface area contributed by atoms with Crippen molar-refractivity contribution in [1.29, 1.82) is 0 Å². The predicted molar refractivity (Wildman–Crippen MR) is 27.7 cm³/mol. The predicted octanol–water partition coefficient (Wildman–Crippen LogP) is 0.903. The highest BCUT2D eigenvalue weighted by atomic mass is 14.4. The maximum atomic E-state index is 8.28. The van der Waals surface area contributed by atoms with Crippen LogP contribution in [0.3, 0.4) is 0 Å². The van der Waals surface area contributed by atoms with Crippen LogP contribution < -0.4 is 5.41 Å². The van der Waals surface area contributed by atoms with Gasteiger partial charge in [0, 0.05) is 6.21 Å². The Morgan fingerprint density at radius 3 is 1.50 bits per heavy atom. The summed E-state index contributed by atoms with van der Waals surface area (Å²) in [6.07, 6.45) is 1.19. The molecule has 1 heteroatoms.